The van der Waals surface area contributed by atoms with Crippen LogP contribution in [0.1, 0.15) is 26.3 Å². The number of aromatic amines is 1. The zero-order valence-corrected chi connectivity index (χ0v) is 17.9. The van der Waals surface area contributed by atoms with E-state index in [0.717, 1.165) is 22.3 Å². The van der Waals surface area contributed by atoms with Gasteiger partial charge in [0.05, 0.1) is 23.1 Å². The number of hydrogen-bond acceptors (Lipinski definition) is 5. The van der Waals surface area contributed by atoms with Crippen molar-refractivity contribution in [2.45, 2.75) is 6.54 Å². The highest BCUT2D eigenvalue weighted by Gasteiger charge is 2.12. The number of hydroxylamine groups is 1. The number of H-pyrrole nitrogens is 1. The minimum Gasteiger partial charge on any atom is -0.326 e. The summed E-state index contributed by atoms with van der Waals surface area (Å²) in [5.41, 5.74) is 6.88. The fourth-order valence-corrected chi connectivity index (χ4v) is 3.69. The predicted molar refractivity (Wildman–Crippen MR) is 127 cm³/mol. The molecule has 9 heteroatoms. The molecule has 3 aromatic carbocycles. The minimum atomic E-state index is -0.647. The lowest BCUT2D eigenvalue weighted by Gasteiger charge is -2.05. The number of amides is 2. The Morgan fingerprint density at radius 2 is 1.65 bits per heavy atom. The molecule has 0 aliphatic carbocycles. The quantitative estimate of drug-likeness (QED) is 0.230. The summed E-state index contributed by atoms with van der Waals surface area (Å²) in [6.45, 7) is 0.712. The normalized spacial score (nSPS) is 10.9. The highest BCUT2D eigenvalue weighted by molar-refractivity contribution is 6.04. The standard InChI is InChI=1S/C25H20N6O3/c32-24(17-6-8-18(9-7-17)25(33)30-34)27-23-13-21(28-29-23)19-10-11-20-22(12-19)31(15-26-20)14-16-4-2-1-3-5-16/h1-13,15,34H,14H2,(H,30,33)(H2,27,28,29,32). The van der Waals surface area contributed by atoms with Gasteiger partial charge in [0.15, 0.2) is 5.82 Å². The third-order valence-electron chi connectivity index (χ3n) is 5.46. The average Bonchev–Trinajstić information content (AvgIpc) is 3.51. The van der Waals surface area contributed by atoms with Gasteiger partial charge in [0.2, 0.25) is 0 Å². The molecule has 0 bridgehead atoms. The Morgan fingerprint density at radius 3 is 2.38 bits per heavy atom. The van der Waals surface area contributed by atoms with Gasteiger partial charge < -0.3 is 9.88 Å². The number of nitrogens with one attached hydrogen (secondary N) is 3. The number of benzene rings is 3. The molecule has 0 radical (unpaired) electrons. The van der Waals surface area contributed by atoms with E-state index in [9.17, 15) is 9.59 Å². The van der Waals surface area contributed by atoms with Gasteiger partial charge in [0.25, 0.3) is 11.8 Å². The van der Waals surface area contributed by atoms with Crippen molar-refractivity contribution < 1.29 is 14.8 Å². The van der Waals surface area contributed by atoms with Gasteiger partial charge in [-0.15, -0.1) is 0 Å². The first kappa shape index (κ1) is 21.1. The SMILES string of the molecule is O=C(NO)c1ccc(C(=O)Nc2cc(-c3ccc4ncn(Cc5ccccc5)c4c3)[nH]n2)cc1. The number of aromatic nitrogens is 4. The van der Waals surface area contributed by atoms with Gasteiger partial charge in [-0.1, -0.05) is 36.4 Å². The van der Waals surface area contributed by atoms with E-state index in [4.69, 9.17) is 5.21 Å². The monoisotopic (exact) mass is 452 g/mol. The highest BCUT2D eigenvalue weighted by atomic mass is 16.5. The summed E-state index contributed by atoms with van der Waals surface area (Å²) >= 11 is 0. The highest BCUT2D eigenvalue weighted by Crippen LogP contribution is 2.25. The zero-order valence-electron chi connectivity index (χ0n) is 17.9. The van der Waals surface area contributed by atoms with E-state index in [1.54, 1.807) is 11.5 Å². The Balaban J connectivity index is 1.34. The fraction of sp³-hybridized carbons (Fsp3) is 0.0400. The van der Waals surface area contributed by atoms with E-state index >= 15 is 0 Å². The maximum absolute atomic E-state index is 12.5. The molecule has 4 N–H and O–H groups in total. The molecule has 2 amide bonds. The smallest absolute Gasteiger partial charge is 0.274 e. The van der Waals surface area contributed by atoms with Crippen LogP contribution in [-0.4, -0.2) is 36.8 Å². The van der Waals surface area contributed by atoms with Crippen molar-refractivity contribution in [3.8, 4) is 11.3 Å². The Bertz CT molecular complexity index is 1470. The second-order valence-electron chi connectivity index (χ2n) is 7.70. The van der Waals surface area contributed by atoms with Crippen molar-refractivity contribution in [1.29, 1.82) is 0 Å². The van der Waals surface area contributed by atoms with E-state index < -0.39 is 5.91 Å². The largest absolute Gasteiger partial charge is 0.326 e. The van der Waals surface area contributed by atoms with Crippen LogP contribution in [0.2, 0.25) is 0 Å². The van der Waals surface area contributed by atoms with Gasteiger partial charge in [-0.2, -0.15) is 5.10 Å². The maximum Gasteiger partial charge on any atom is 0.274 e. The molecule has 34 heavy (non-hydrogen) atoms. The molecule has 168 valence electrons. The summed E-state index contributed by atoms with van der Waals surface area (Å²) in [6, 6.07) is 23.8. The molecule has 0 unspecified atom stereocenters. The third-order valence-corrected chi connectivity index (χ3v) is 5.46. The molecular weight excluding hydrogens is 432 g/mol. The molecule has 0 saturated carbocycles. The van der Waals surface area contributed by atoms with Crippen LogP contribution in [-0.2, 0) is 6.54 Å². The molecule has 0 spiro atoms. The lowest BCUT2D eigenvalue weighted by molar-refractivity contribution is 0.0706. The molecular formula is C25H20N6O3. The number of fused-ring (bicyclic) bond motifs is 1. The van der Waals surface area contributed by atoms with Crippen molar-refractivity contribution in [3.63, 3.8) is 0 Å². The van der Waals surface area contributed by atoms with Crippen LogP contribution in [0.5, 0.6) is 0 Å². The summed E-state index contributed by atoms with van der Waals surface area (Å²) in [5, 5.41) is 18.6. The van der Waals surface area contributed by atoms with Gasteiger partial charge in [-0.05, 0) is 42.0 Å². The molecule has 5 aromatic rings. The Kier molecular flexibility index (Phi) is 5.59. The van der Waals surface area contributed by atoms with E-state index in [-0.39, 0.29) is 11.5 Å². The maximum atomic E-state index is 12.5. The molecule has 0 aliphatic rings. The molecule has 0 aliphatic heterocycles. The first-order valence-corrected chi connectivity index (χ1v) is 10.5. The molecule has 2 aromatic heterocycles. The second-order valence-corrected chi connectivity index (χ2v) is 7.70. The predicted octanol–water partition coefficient (Wildman–Crippen LogP) is 3.85. The number of anilines is 1. The summed E-state index contributed by atoms with van der Waals surface area (Å²) in [6.07, 6.45) is 1.83. The molecule has 0 fully saturated rings. The molecule has 5 rings (SSSR count). The topological polar surface area (TPSA) is 125 Å². The van der Waals surface area contributed by atoms with Crippen LogP contribution < -0.4 is 10.8 Å². The van der Waals surface area contributed by atoms with Crippen molar-refractivity contribution in [2.75, 3.05) is 5.32 Å². The van der Waals surface area contributed by atoms with E-state index in [1.165, 1.54) is 29.8 Å². The number of hydrogen-bond donors (Lipinski definition) is 4. The Labute approximate surface area is 194 Å². The van der Waals surface area contributed by atoms with E-state index in [2.05, 4.69) is 37.2 Å². The van der Waals surface area contributed by atoms with Crippen LogP contribution in [0, 0.1) is 0 Å². The van der Waals surface area contributed by atoms with Crippen LogP contribution in [0.4, 0.5) is 5.82 Å². The molecule has 9 nitrogen and oxygen atoms in total. The third kappa shape index (κ3) is 4.27. The van der Waals surface area contributed by atoms with E-state index in [1.807, 2.05) is 42.7 Å². The van der Waals surface area contributed by atoms with Gasteiger partial charge in [-0.3, -0.25) is 19.9 Å². The number of carbonyl (C=O) groups is 2. The molecule has 0 atom stereocenters. The Hall–Kier alpha value is -4.76. The van der Waals surface area contributed by atoms with Crippen molar-refractivity contribution in [2.24, 2.45) is 0 Å². The minimum absolute atomic E-state index is 0.239. The van der Waals surface area contributed by atoms with Crippen LogP contribution >= 0.6 is 0 Å². The second kappa shape index (κ2) is 9.00. The summed E-state index contributed by atoms with van der Waals surface area (Å²) < 4.78 is 2.09. The number of imidazole rings is 1. The Morgan fingerprint density at radius 1 is 0.912 bits per heavy atom. The van der Waals surface area contributed by atoms with Crippen molar-refractivity contribution >= 4 is 28.7 Å². The van der Waals surface area contributed by atoms with Crippen LogP contribution in [0.15, 0.2) is 85.2 Å². The van der Waals surface area contributed by atoms with Crippen LogP contribution in [0.25, 0.3) is 22.3 Å². The lowest BCUT2D eigenvalue weighted by atomic mass is 10.1. The number of carbonyl (C=O) groups excluding carboxylic acids is 2. The lowest BCUT2D eigenvalue weighted by Crippen LogP contribution is -2.19. The van der Waals surface area contributed by atoms with Gasteiger partial charge in [0.1, 0.15) is 0 Å². The fourth-order valence-electron chi connectivity index (χ4n) is 3.69. The van der Waals surface area contributed by atoms with Crippen molar-refractivity contribution in [3.05, 3.63) is 102 Å². The summed E-state index contributed by atoms with van der Waals surface area (Å²) in [7, 11) is 0. The van der Waals surface area contributed by atoms with Crippen molar-refractivity contribution in [1.82, 2.24) is 25.2 Å². The number of nitrogens with zero attached hydrogens (tertiary/aromatic N) is 3. The van der Waals surface area contributed by atoms with Gasteiger partial charge >= 0.3 is 0 Å². The molecule has 2 heterocycles. The first-order chi connectivity index (χ1) is 16.6. The average molecular weight is 452 g/mol. The van der Waals surface area contributed by atoms with Crippen LogP contribution in [0.3, 0.4) is 0 Å². The summed E-state index contributed by atoms with van der Waals surface area (Å²) in [5.74, 6) is -0.647. The zero-order chi connectivity index (χ0) is 23.5. The molecule has 0 saturated heterocycles. The first-order valence-electron chi connectivity index (χ1n) is 10.5. The van der Waals surface area contributed by atoms with E-state index in [0.29, 0.717) is 17.9 Å². The number of rotatable bonds is 6. The summed E-state index contributed by atoms with van der Waals surface area (Å²) in [4.78, 5) is 28.5. The van der Waals surface area contributed by atoms with Gasteiger partial charge in [-0.25, -0.2) is 10.5 Å². The van der Waals surface area contributed by atoms with Gasteiger partial charge in [0, 0.05) is 29.3 Å².